The van der Waals surface area contributed by atoms with Gasteiger partial charge in [-0.2, -0.15) is 0 Å². The van der Waals surface area contributed by atoms with E-state index in [1.807, 2.05) is 0 Å². The van der Waals surface area contributed by atoms with Crippen molar-refractivity contribution in [2.24, 2.45) is 0 Å². The fraction of sp³-hybridized carbons (Fsp3) is 0.652. The molecule has 2 rings (SSSR count). The van der Waals surface area contributed by atoms with E-state index in [4.69, 9.17) is 4.74 Å². The van der Waals surface area contributed by atoms with Gasteiger partial charge in [-0.1, -0.05) is 83.0 Å². The molecule has 0 bridgehead atoms. The zero-order chi connectivity index (χ0) is 19.2. The van der Waals surface area contributed by atoms with Crippen molar-refractivity contribution in [1.82, 2.24) is 10.2 Å². The largest absolute Gasteiger partial charge is 0.494 e. The van der Waals surface area contributed by atoms with Gasteiger partial charge >= 0.3 is 0 Å². The molecule has 4 heteroatoms. The first-order chi connectivity index (χ1) is 13.3. The molecule has 0 fully saturated rings. The topological polar surface area (TPSA) is 35.0 Å². The molecule has 0 saturated carbocycles. The summed E-state index contributed by atoms with van der Waals surface area (Å²) in [5.74, 6) is 0.950. The number of aromatic nitrogens is 2. The molecular formula is C23H36N2OS. The summed E-state index contributed by atoms with van der Waals surface area (Å²) in [6.45, 7) is 5.31. The molecule has 0 spiro atoms. The van der Waals surface area contributed by atoms with Gasteiger partial charge in [0, 0.05) is 12.0 Å². The normalized spacial score (nSPS) is 11.0. The number of aryl methyl sites for hydroxylation is 1. The minimum atomic E-state index is 0.810. The Morgan fingerprint density at radius 3 is 2.07 bits per heavy atom. The molecular weight excluding hydrogens is 352 g/mol. The first-order valence-electron chi connectivity index (χ1n) is 10.9. The molecule has 0 radical (unpaired) electrons. The third-order valence-corrected chi connectivity index (χ3v) is 5.86. The lowest BCUT2D eigenvalue weighted by atomic mass is 10.1. The molecule has 0 unspecified atom stereocenters. The van der Waals surface area contributed by atoms with Crippen molar-refractivity contribution in [1.29, 1.82) is 0 Å². The van der Waals surface area contributed by atoms with Crippen LogP contribution in [0.25, 0.3) is 10.6 Å². The van der Waals surface area contributed by atoms with Crippen molar-refractivity contribution in [3.63, 3.8) is 0 Å². The molecule has 0 aliphatic heterocycles. The highest BCUT2D eigenvalue weighted by Crippen LogP contribution is 2.26. The number of hydrogen-bond acceptors (Lipinski definition) is 4. The summed E-state index contributed by atoms with van der Waals surface area (Å²) in [7, 11) is 0. The van der Waals surface area contributed by atoms with E-state index < -0.39 is 0 Å². The van der Waals surface area contributed by atoms with Gasteiger partial charge in [-0.05, 0) is 37.1 Å². The molecule has 1 aromatic heterocycles. The standard InChI is InChI=1S/C23H36N2OS/c1-3-5-7-9-10-12-14-22-24-25-23(27-22)20-15-17-21(18-16-20)26-19-13-11-8-6-4-2/h15-18H,3-14,19H2,1-2H3. The van der Waals surface area contributed by atoms with Crippen LogP contribution in [0.15, 0.2) is 24.3 Å². The highest BCUT2D eigenvalue weighted by atomic mass is 32.1. The quantitative estimate of drug-likeness (QED) is 0.297. The van der Waals surface area contributed by atoms with Crippen LogP contribution in [0, 0.1) is 0 Å². The van der Waals surface area contributed by atoms with Crippen molar-refractivity contribution in [2.45, 2.75) is 90.9 Å². The average Bonchev–Trinajstić information content (AvgIpc) is 3.17. The predicted molar refractivity (Wildman–Crippen MR) is 117 cm³/mol. The highest BCUT2D eigenvalue weighted by molar-refractivity contribution is 7.14. The monoisotopic (exact) mass is 388 g/mol. The van der Waals surface area contributed by atoms with Crippen molar-refractivity contribution >= 4 is 11.3 Å². The smallest absolute Gasteiger partial charge is 0.147 e. The van der Waals surface area contributed by atoms with Crippen molar-refractivity contribution in [2.75, 3.05) is 6.61 Å². The molecule has 0 amide bonds. The second kappa shape index (κ2) is 13.7. The summed E-state index contributed by atoms with van der Waals surface area (Å²) >= 11 is 1.73. The van der Waals surface area contributed by atoms with E-state index in [1.54, 1.807) is 11.3 Å². The van der Waals surface area contributed by atoms with Crippen molar-refractivity contribution < 1.29 is 4.74 Å². The van der Waals surface area contributed by atoms with Crippen LogP contribution in [-0.2, 0) is 6.42 Å². The number of unbranched alkanes of at least 4 members (excludes halogenated alkanes) is 9. The average molecular weight is 389 g/mol. The van der Waals surface area contributed by atoms with Gasteiger partial charge in [-0.25, -0.2) is 0 Å². The van der Waals surface area contributed by atoms with E-state index >= 15 is 0 Å². The van der Waals surface area contributed by atoms with Crippen molar-refractivity contribution in [3.05, 3.63) is 29.3 Å². The van der Waals surface area contributed by atoms with E-state index in [0.29, 0.717) is 0 Å². The van der Waals surface area contributed by atoms with Crippen LogP contribution in [0.1, 0.15) is 89.5 Å². The Balaban J connectivity index is 1.69. The molecule has 1 heterocycles. The Bertz CT molecular complexity index is 609. The fourth-order valence-electron chi connectivity index (χ4n) is 3.12. The van der Waals surface area contributed by atoms with E-state index in [0.717, 1.165) is 40.8 Å². The van der Waals surface area contributed by atoms with Gasteiger partial charge in [0.25, 0.3) is 0 Å². The van der Waals surface area contributed by atoms with Gasteiger partial charge in [-0.15, -0.1) is 10.2 Å². The van der Waals surface area contributed by atoms with Gasteiger partial charge in [0.15, 0.2) is 0 Å². The molecule has 0 aliphatic rings. The van der Waals surface area contributed by atoms with Crippen LogP contribution < -0.4 is 4.74 Å². The lowest BCUT2D eigenvalue weighted by Crippen LogP contribution is -1.97. The predicted octanol–water partition coefficient (Wildman–Crippen LogP) is 7.46. The van der Waals surface area contributed by atoms with Crippen LogP contribution in [-0.4, -0.2) is 16.8 Å². The van der Waals surface area contributed by atoms with E-state index in [1.165, 1.54) is 64.2 Å². The number of benzene rings is 1. The molecule has 1 aromatic carbocycles. The molecule has 2 aromatic rings. The lowest BCUT2D eigenvalue weighted by molar-refractivity contribution is 0.304. The Morgan fingerprint density at radius 2 is 1.37 bits per heavy atom. The first-order valence-corrected chi connectivity index (χ1v) is 11.7. The van der Waals surface area contributed by atoms with Crippen LogP contribution in [0.2, 0.25) is 0 Å². The molecule has 0 aliphatic carbocycles. The number of rotatable bonds is 15. The molecule has 3 nitrogen and oxygen atoms in total. The third-order valence-electron chi connectivity index (χ3n) is 4.83. The van der Waals surface area contributed by atoms with Crippen LogP contribution in [0.4, 0.5) is 0 Å². The van der Waals surface area contributed by atoms with Gasteiger partial charge in [0.2, 0.25) is 0 Å². The summed E-state index contributed by atoms with van der Waals surface area (Å²) < 4.78 is 5.84. The zero-order valence-corrected chi connectivity index (χ0v) is 18.0. The fourth-order valence-corrected chi connectivity index (χ4v) is 4.00. The van der Waals surface area contributed by atoms with Gasteiger partial charge in [0.1, 0.15) is 15.8 Å². The third kappa shape index (κ3) is 8.87. The van der Waals surface area contributed by atoms with Crippen LogP contribution >= 0.6 is 11.3 Å². The molecule has 150 valence electrons. The summed E-state index contributed by atoms with van der Waals surface area (Å²) in [5, 5.41) is 10.9. The summed E-state index contributed by atoms with van der Waals surface area (Å²) in [4.78, 5) is 0. The van der Waals surface area contributed by atoms with E-state index in [9.17, 15) is 0 Å². The number of hydrogen-bond donors (Lipinski definition) is 0. The van der Waals surface area contributed by atoms with Crippen LogP contribution in [0.5, 0.6) is 5.75 Å². The highest BCUT2D eigenvalue weighted by Gasteiger charge is 2.07. The first kappa shape index (κ1) is 21.9. The molecule has 27 heavy (non-hydrogen) atoms. The minimum Gasteiger partial charge on any atom is -0.494 e. The van der Waals surface area contributed by atoms with Crippen LogP contribution in [0.3, 0.4) is 0 Å². The van der Waals surface area contributed by atoms with E-state index in [-0.39, 0.29) is 0 Å². The maximum Gasteiger partial charge on any atom is 0.147 e. The lowest BCUT2D eigenvalue weighted by Gasteiger charge is -2.06. The number of ether oxygens (including phenoxy) is 1. The summed E-state index contributed by atoms with van der Waals surface area (Å²) in [6.07, 6.45) is 15.3. The Labute approximate surface area is 169 Å². The minimum absolute atomic E-state index is 0.810. The summed E-state index contributed by atoms with van der Waals surface area (Å²) in [6, 6.07) is 8.30. The SMILES string of the molecule is CCCCCCCCc1nnc(-c2ccc(OCCCCCCC)cc2)s1. The molecule has 0 N–H and O–H groups in total. The van der Waals surface area contributed by atoms with Gasteiger partial charge < -0.3 is 4.74 Å². The maximum absolute atomic E-state index is 5.84. The summed E-state index contributed by atoms with van der Waals surface area (Å²) in [5.41, 5.74) is 1.14. The zero-order valence-electron chi connectivity index (χ0n) is 17.2. The van der Waals surface area contributed by atoms with Gasteiger partial charge in [-0.3, -0.25) is 0 Å². The Morgan fingerprint density at radius 1 is 0.741 bits per heavy atom. The molecule has 0 saturated heterocycles. The second-order valence-electron chi connectivity index (χ2n) is 7.31. The maximum atomic E-state index is 5.84. The Kier molecular flexibility index (Phi) is 11.1. The number of nitrogens with zero attached hydrogens (tertiary/aromatic N) is 2. The second-order valence-corrected chi connectivity index (χ2v) is 8.37. The van der Waals surface area contributed by atoms with E-state index in [2.05, 4.69) is 48.3 Å². The van der Waals surface area contributed by atoms with Gasteiger partial charge in [0.05, 0.1) is 6.61 Å². The Hall–Kier alpha value is -1.42. The molecule has 0 atom stereocenters. The van der Waals surface area contributed by atoms with Crippen molar-refractivity contribution in [3.8, 4) is 16.3 Å².